The number of aryl methyl sites for hydroxylation is 1. The van der Waals surface area contributed by atoms with Crippen molar-refractivity contribution in [3.63, 3.8) is 0 Å². The molecule has 0 bridgehead atoms. The predicted molar refractivity (Wildman–Crippen MR) is 83.2 cm³/mol. The average Bonchev–Trinajstić information content (AvgIpc) is 2.75. The van der Waals surface area contributed by atoms with Crippen molar-refractivity contribution in [3.05, 3.63) is 59.8 Å². The first kappa shape index (κ1) is 15.1. The van der Waals surface area contributed by atoms with Crippen LogP contribution in [0, 0.1) is 6.92 Å². The third kappa shape index (κ3) is 2.90. The summed E-state index contributed by atoms with van der Waals surface area (Å²) in [5.74, 6) is -0.865. The number of fused-ring (bicyclic) bond motifs is 1. The number of carboxylic acids is 1. The lowest BCUT2D eigenvalue weighted by Crippen LogP contribution is -2.10. The summed E-state index contributed by atoms with van der Waals surface area (Å²) in [7, 11) is 0. The van der Waals surface area contributed by atoms with Crippen molar-refractivity contribution < 1.29 is 15.0 Å². The molecule has 0 amide bonds. The molecule has 0 spiro atoms. The maximum Gasteiger partial charge on any atom is 0.307 e. The van der Waals surface area contributed by atoms with E-state index in [0.29, 0.717) is 0 Å². The number of carboxylic acid groups (broad SMARTS) is 1. The molecule has 1 heterocycles. The number of nitrogens with zero attached hydrogens (tertiary/aromatic N) is 1. The fraction of sp³-hybridized carbons (Fsp3) is 0.235. The highest BCUT2D eigenvalue weighted by molar-refractivity contribution is 5.88. The van der Waals surface area contributed by atoms with Crippen LogP contribution in [0.2, 0.25) is 0 Å². The minimum atomic E-state index is -0.865. The summed E-state index contributed by atoms with van der Waals surface area (Å²) in [6, 6.07) is 7.42. The number of hydrogen-bond donors (Lipinski definition) is 2. The van der Waals surface area contributed by atoms with Gasteiger partial charge in [0.15, 0.2) is 6.23 Å². The van der Waals surface area contributed by atoms with Gasteiger partial charge in [-0.3, -0.25) is 4.79 Å². The van der Waals surface area contributed by atoms with E-state index in [9.17, 15) is 9.90 Å². The zero-order valence-electron chi connectivity index (χ0n) is 12.2. The molecule has 0 fully saturated rings. The SMILES string of the molecule is C=C/C=C(\C)C(O)n1c(C)cc2c(CC(=O)O)cccc21. The van der Waals surface area contributed by atoms with Crippen molar-refractivity contribution in [3.8, 4) is 0 Å². The largest absolute Gasteiger partial charge is 0.481 e. The Labute approximate surface area is 123 Å². The average molecular weight is 285 g/mol. The Morgan fingerprint density at radius 1 is 1.48 bits per heavy atom. The lowest BCUT2D eigenvalue weighted by atomic mass is 10.1. The van der Waals surface area contributed by atoms with Crippen LogP contribution in [0.3, 0.4) is 0 Å². The number of hydrogen-bond acceptors (Lipinski definition) is 2. The lowest BCUT2D eigenvalue weighted by Gasteiger charge is -2.17. The molecule has 0 aliphatic carbocycles. The molecule has 0 saturated carbocycles. The van der Waals surface area contributed by atoms with Crippen molar-refractivity contribution in [2.75, 3.05) is 0 Å². The molecule has 21 heavy (non-hydrogen) atoms. The second kappa shape index (κ2) is 5.97. The monoisotopic (exact) mass is 285 g/mol. The quantitative estimate of drug-likeness (QED) is 0.829. The Kier molecular flexibility index (Phi) is 4.29. The van der Waals surface area contributed by atoms with E-state index in [0.717, 1.165) is 27.7 Å². The van der Waals surface area contributed by atoms with Gasteiger partial charge in [-0.25, -0.2) is 0 Å². The van der Waals surface area contributed by atoms with Crippen LogP contribution in [0.4, 0.5) is 0 Å². The molecule has 0 saturated heterocycles. The molecule has 1 unspecified atom stereocenters. The zero-order valence-corrected chi connectivity index (χ0v) is 12.2. The second-order valence-electron chi connectivity index (χ2n) is 5.10. The number of benzene rings is 1. The van der Waals surface area contributed by atoms with Gasteiger partial charge in [0.2, 0.25) is 0 Å². The van der Waals surface area contributed by atoms with E-state index in [4.69, 9.17) is 5.11 Å². The molecule has 4 nitrogen and oxygen atoms in total. The van der Waals surface area contributed by atoms with Crippen LogP contribution in [0.15, 0.2) is 48.6 Å². The summed E-state index contributed by atoms with van der Waals surface area (Å²) in [6.45, 7) is 7.36. The zero-order chi connectivity index (χ0) is 15.6. The summed E-state index contributed by atoms with van der Waals surface area (Å²) < 4.78 is 1.80. The highest BCUT2D eigenvalue weighted by Crippen LogP contribution is 2.28. The van der Waals surface area contributed by atoms with Gasteiger partial charge >= 0.3 is 5.97 Å². The van der Waals surface area contributed by atoms with Crippen molar-refractivity contribution in [1.29, 1.82) is 0 Å². The van der Waals surface area contributed by atoms with Gasteiger partial charge in [0.05, 0.1) is 11.9 Å². The van der Waals surface area contributed by atoms with Crippen LogP contribution in [0.25, 0.3) is 10.9 Å². The standard InChI is InChI=1S/C17H19NO3/c1-4-6-11(2)17(21)18-12(3)9-14-13(10-16(19)20)7-5-8-15(14)18/h4-9,17,21H,1,10H2,2-3H3,(H,19,20)/b11-6+. The van der Waals surface area contributed by atoms with E-state index < -0.39 is 12.2 Å². The molecule has 0 aliphatic rings. The normalized spacial score (nSPS) is 13.4. The fourth-order valence-electron chi connectivity index (χ4n) is 2.56. The molecule has 0 radical (unpaired) electrons. The summed E-state index contributed by atoms with van der Waals surface area (Å²) in [5, 5.41) is 20.3. The number of aromatic nitrogens is 1. The fourth-order valence-corrected chi connectivity index (χ4v) is 2.56. The summed E-state index contributed by atoms with van der Waals surface area (Å²) in [4.78, 5) is 11.0. The third-order valence-corrected chi connectivity index (χ3v) is 3.54. The highest BCUT2D eigenvalue weighted by Gasteiger charge is 2.16. The Morgan fingerprint density at radius 2 is 2.19 bits per heavy atom. The molecular formula is C17H19NO3. The van der Waals surface area contributed by atoms with E-state index in [1.54, 1.807) is 22.8 Å². The molecule has 0 aliphatic heterocycles. The molecule has 1 aromatic carbocycles. The predicted octanol–water partition coefficient (Wildman–Crippen LogP) is 3.20. The lowest BCUT2D eigenvalue weighted by molar-refractivity contribution is -0.136. The molecule has 2 rings (SSSR count). The number of carbonyl (C=O) groups is 1. The van der Waals surface area contributed by atoms with Gasteiger partial charge in [0.1, 0.15) is 0 Å². The van der Waals surface area contributed by atoms with Crippen LogP contribution in [0.1, 0.15) is 24.4 Å². The molecule has 1 atom stereocenters. The third-order valence-electron chi connectivity index (χ3n) is 3.54. The number of allylic oxidation sites excluding steroid dienone is 2. The minimum Gasteiger partial charge on any atom is -0.481 e. The Hall–Kier alpha value is -2.33. The Balaban J connectivity index is 2.61. The Bertz CT molecular complexity index is 725. The van der Waals surface area contributed by atoms with Crippen molar-refractivity contribution in [2.45, 2.75) is 26.5 Å². The first-order valence-electron chi connectivity index (χ1n) is 6.74. The van der Waals surface area contributed by atoms with Crippen molar-refractivity contribution in [2.24, 2.45) is 0 Å². The van der Waals surface area contributed by atoms with Crippen molar-refractivity contribution in [1.82, 2.24) is 4.57 Å². The number of aliphatic carboxylic acids is 1. The molecule has 2 aromatic rings. The summed E-state index contributed by atoms with van der Waals surface area (Å²) in [6.07, 6.45) is 2.57. The van der Waals surface area contributed by atoms with E-state index in [1.165, 1.54) is 0 Å². The van der Waals surface area contributed by atoms with Gasteiger partial charge < -0.3 is 14.8 Å². The van der Waals surface area contributed by atoms with Crippen LogP contribution in [0.5, 0.6) is 0 Å². The van der Waals surface area contributed by atoms with Gasteiger partial charge in [-0.05, 0) is 37.1 Å². The molecule has 2 N–H and O–H groups in total. The molecular weight excluding hydrogens is 266 g/mol. The topological polar surface area (TPSA) is 62.5 Å². The number of aliphatic hydroxyl groups excluding tert-OH is 1. The van der Waals surface area contributed by atoms with Gasteiger partial charge in [0, 0.05) is 11.1 Å². The smallest absolute Gasteiger partial charge is 0.307 e. The van der Waals surface area contributed by atoms with Crippen LogP contribution >= 0.6 is 0 Å². The van der Waals surface area contributed by atoms with Gasteiger partial charge in [-0.2, -0.15) is 0 Å². The van der Waals surface area contributed by atoms with E-state index in [2.05, 4.69) is 6.58 Å². The summed E-state index contributed by atoms with van der Waals surface area (Å²) in [5.41, 5.74) is 3.23. The molecule has 110 valence electrons. The van der Waals surface area contributed by atoms with E-state index in [-0.39, 0.29) is 6.42 Å². The summed E-state index contributed by atoms with van der Waals surface area (Å²) >= 11 is 0. The van der Waals surface area contributed by atoms with Gasteiger partial charge in [-0.1, -0.05) is 30.9 Å². The van der Waals surface area contributed by atoms with E-state index >= 15 is 0 Å². The minimum absolute atomic E-state index is 0.0294. The van der Waals surface area contributed by atoms with Crippen molar-refractivity contribution >= 4 is 16.9 Å². The number of rotatable bonds is 5. The van der Waals surface area contributed by atoms with Gasteiger partial charge in [0.25, 0.3) is 0 Å². The highest BCUT2D eigenvalue weighted by atomic mass is 16.4. The van der Waals surface area contributed by atoms with Crippen LogP contribution < -0.4 is 0 Å². The number of aliphatic hydroxyl groups is 1. The van der Waals surface area contributed by atoms with E-state index in [1.807, 2.05) is 32.0 Å². The van der Waals surface area contributed by atoms with Crippen LogP contribution in [-0.4, -0.2) is 20.7 Å². The maximum absolute atomic E-state index is 11.0. The second-order valence-corrected chi connectivity index (χ2v) is 5.10. The van der Waals surface area contributed by atoms with Crippen LogP contribution in [-0.2, 0) is 11.2 Å². The first-order valence-corrected chi connectivity index (χ1v) is 6.74. The first-order chi connectivity index (χ1) is 9.95. The Morgan fingerprint density at radius 3 is 2.81 bits per heavy atom. The molecule has 4 heteroatoms. The van der Waals surface area contributed by atoms with Gasteiger partial charge in [-0.15, -0.1) is 0 Å². The molecule has 1 aromatic heterocycles. The maximum atomic E-state index is 11.0.